The number of benzene rings is 4. The first kappa shape index (κ1) is 30.4. The molecule has 0 fully saturated rings. The number of para-hydroxylation sites is 2. The van der Waals surface area contributed by atoms with Crippen molar-refractivity contribution in [1.29, 1.82) is 0 Å². The molecular weight excluding hydrogens is 692 g/mol. The normalized spacial score (nSPS) is 9.72. The van der Waals surface area contributed by atoms with Crippen LogP contribution in [0.25, 0.3) is 44.3 Å². The van der Waals surface area contributed by atoms with Crippen LogP contribution in [0.2, 0.25) is 0 Å². The zero-order chi connectivity index (χ0) is 26.0. The molecule has 0 amide bonds. The number of pyridine rings is 2. The minimum atomic E-state index is 0. The third-order valence-corrected chi connectivity index (χ3v) is 5.97. The van der Waals surface area contributed by atoms with E-state index < -0.39 is 0 Å². The first-order valence-electron chi connectivity index (χ1n) is 12.5. The minimum absolute atomic E-state index is 0. The van der Waals surface area contributed by atoms with Gasteiger partial charge in [0.15, 0.2) is 0 Å². The van der Waals surface area contributed by atoms with Gasteiger partial charge in [-0.2, -0.15) is 0 Å². The average Bonchev–Trinajstić information content (AvgIpc) is 3.49. The summed E-state index contributed by atoms with van der Waals surface area (Å²) in [6.45, 7) is 0. The van der Waals surface area contributed by atoms with Crippen molar-refractivity contribution in [3.05, 3.63) is 152 Å². The van der Waals surface area contributed by atoms with Crippen molar-refractivity contribution >= 4 is 21.8 Å². The number of hydrogen-bond acceptors (Lipinski definition) is 3. The second kappa shape index (κ2) is 15.4. The maximum atomic E-state index is 4.65. The second-order valence-electron chi connectivity index (χ2n) is 8.74. The van der Waals surface area contributed by atoms with Gasteiger partial charge in [0, 0.05) is 61.4 Å². The summed E-state index contributed by atoms with van der Waals surface area (Å²) in [7, 11) is 1.94. The van der Waals surface area contributed by atoms with E-state index in [2.05, 4.69) is 75.6 Å². The molecule has 4 nitrogen and oxygen atoms in total. The molecule has 0 aliphatic heterocycles. The van der Waals surface area contributed by atoms with Crippen molar-refractivity contribution in [3.63, 3.8) is 0 Å². The van der Waals surface area contributed by atoms with Crippen molar-refractivity contribution in [2.45, 2.75) is 0 Å². The number of aromatic nitrogens is 4. The molecule has 4 aromatic carbocycles. The molecule has 7 rings (SSSR count). The Bertz CT molecular complexity index is 1610. The summed E-state index contributed by atoms with van der Waals surface area (Å²) in [6, 6.07) is 45.2. The van der Waals surface area contributed by atoms with Gasteiger partial charge in [0.25, 0.3) is 0 Å². The molecule has 0 bridgehead atoms. The Balaban J connectivity index is 0.000000176. The summed E-state index contributed by atoms with van der Waals surface area (Å²) >= 11 is 0. The Kier molecular flexibility index (Phi) is 11.7. The van der Waals surface area contributed by atoms with Gasteiger partial charge in [0.05, 0.1) is 28.7 Å². The van der Waals surface area contributed by atoms with Crippen LogP contribution in [0.4, 0.5) is 0 Å². The SMILES string of the molecule is Cn1ccnc1.[Cl-].[Ir].c1ccc(-c2ccc3ccccc3n2)cc1.c1ccc(-c2ccc3ccccc3n2)cc1. The molecule has 0 unspecified atom stereocenters. The zero-order valence-electron chi connectivity index (χ0n) is 21.9. The summed E-state index contributed by atoms with van der Waals surface area (Å²) in [5, 5.41) is 2.37. The van der Waals surface area contributed by atoms with Crippen LogP contribution in [-0.4, -0.2) is 19.5 Å². The number of halogens is 1. The van der Waals surface area contributed by atoms with E-state index in [4.69, 9.17) is 0 Å². The molecule has 40 heavy (non-hydrogen) atoms. The molecule has 0 saturated heterocycles. The maximum Gasteiger partial charge on any atom is 0.0943 e. The Labute approximate surface area is 254 Å². The Hall–Kier alpha value is -4.15. The van der Waals surface area contributed by atoms with Crippen LogP contribution in [0.1, 0.15) is 0 Å². The van der Waals surface area contributed by atoms with E-state index in [0.29, 0.717) is 0 Å². The molecule has 3 aromatic heterocycles. The largest absolute Gasteiger partial charge is 1.00 e. The average molecular weight is 720 g/mol. The first-order valence-corrected chi connectivity index (χ1v) is 12.5. The molecule has 7 aromatic rings. The number of aryl methyl sites for hydroxylation is 1. The van der Waals surface area contributed by atoms with Gasteiger partial charge in [-0.25, -0.2) is 15.0 Å². The molecule has 201 valence electrons. The van der Waals surface area contributed by atoms with Crippen molar-refractivity contribution in [1.82, 2.24) is 19.5 Å². The molecule has 0 saturated carbocycles. The predicted octanol–water partition coefficient (Wildman–Crippen LogP) is 5.23. The molecule has 6 heteroatoms. The van der Waals surface area contributed by atoms with E-state index in [1.165, 1.54) is 10.8 Å². The summed E-state index contributed by atoms with van der Waals surface area (Å²) in [5.41, 5.74) is 6.47. The minimum Gasteiger partial charge on any atom is -1.00 e. The summed E-state index contributed by atoms with van der Waals surface area (Å²) < 4.78 is 1.89. The van der Waals surface area contributed by atoms with E-state index in [1.54, 1.807) is 12.5 Å². The van der Waals surface area contributed by atoms with Crippen molar-refractivity contribution in [2.75, 3.05) is 0 Å². The number of hydrogen-bond donors (Lipinski definition) is 0. The first-order chi connectivity index (χ1) is 18.8. The van der Waals surface area contributed by atoms with Gasteiger partial charge in [-0.1, -0.05) is 109 Å². The predicted molar refractivity (Wildman–Crippen MR) is 158 cm³/mol. The fourth-order valence-electron chi connectivity index (χ4n) is 4.00. The number of rotatable bonds is 2. The summed E-state index contributed by atoms with van der Waals surface area (Å²) in [6.07, 6.45) is 5.39. The van der Waals surface area contributed by atoms with Crippen molar-refractivity contribution in [3.8, 4) is 22.5 Å². The van der Waals surface area contributed by atoms with Crippen LogP contribution in [0.15, 0.2) is 152 Å². The van der Waals surface area contributed by atoms with E-state index in [0.717, 1.165) is 33.5 Å². The quantitative estimate of drug-likeness (QED) is 0.246. The molecule has 0 N–H and O–H groups in total. The molecule has 0 aliphatic rings. The van der Waals surface area contributed by atoms with Crippen LogP contribution >= 0.6 is 0 Å². The van der Waals surface area contributed by atoms with Gasteiger partial charge < -0.3 is 17.0 Å². The third-order valence-electron chi connectivity index (χ3n) is 5.97. The van der Waals surface area contributed by atoms with Crippen LogP contribution in [0.5, 0.6) is 0 Å². The fraction of sp³-hybridized carbons (Fsp3) is 0.0294. The summed E-state index contributed by atoms with van der Waals surface area (Å²) in [5.74, 6) is 0. The molecular formula is C34H28ClIrN4-. The molecule has 0 atom stereocenters. The molecule has 1 radical (unpaired) electrons. The number of nitrogens with zero attached hydrogens (tertiary/aromatic N) is 4. The van der Waals surface area contributed by atoms with Gasteiger partial charge in [-0.3, -0.25) is 0 Å². The van der Waals surface area contributed by atoms with E-state index >= 15 is 0 Å². The van der Waals surface area contributed by atoms with Gasteiger partial charge in [0.1, 0.15) is 0 Å². The second-order valence-corrected chi connectivity index (χ2v) is 8.74. The van der Waals surface area contributed by atoms with E-state index in [1.807, 2.05) is 90.6 Å². The van der Waals surface area contributed by atoms with E-state index in [9.17, 15) is 0 Å². The standard InChI is InChI=1S/2C15H11N.C4H6N2.ClH.Ir/c2*1-2-6-12(7-3-1)15-11-10-13-8-4-5-9-14(13)16-15;1-6-3-2-5-4-6;;/h2*1-11H;2-4H,1H3;1H;/p-1. The molecule has 0 aliphatic carbocycles. The zero-order valence-corrected chi connectivity index (χ0v) is 25.1. The van der Waals surface area contributed by atoms with E-state index in [-0.39, 0.29) is 32.5 Å². The van der Waals surface area contributed by atoms with Crippen LogP contribution in [-0.2, 0) is 27.2 Å². The Morgan fingerprint density at radius 1 is 0.500 bits per heavy atom. The van der Waals surface area contributed by atoms with Crippen molar-refractivity contribution in [2.24, 2.45) is 7.05 Å². The Morgan fingerprint density at radius 3 is 1.30 bits per heavy atom. The topological polar surface area (TPSA) is 43.6 Å². The summed E-state index contributed by atoms with van der Waals surface area (Å²) in [4.78, 5) is 13.1. The monoisotopic (exact) mass is 720 g/mol. The third kappa shape index (κ3) is 8.17. The fourth-order valence-corrected chi connectivity index (χ4v) is 4.00. The van der Waals surface area contributed by atoms with Gasteiger partial charge in [-0.05, 0) is 24.3 Å². The Morgan fingerprint density at radius 2 is 0.925 bits per heavy atom. The smallest absolute Gasteiger partial charge is 0.0943 e. The van der Waals surface area contributed by atoms with Crippen LogP contribution in [0.3, 0.4) is 0 Å². The van der Waals surface area contributed by atoms with Crippen molar-refractivity contribution < 1.29 is 32.5 Å². The number of fused-ring (bicyclic) bond motifs is 2. The van der Waals surface area contributed by atoms with Gasteiger partial charge in [0.2, 0.25) is 0 Å². The maximum absolute atomic E-state index is 4.65. The molecule has 0 spiro atoms. The van der Waals surface area contributed by atoms with Crippen LogP contribution in [0, 0.1) is 0 Å². The van der Waals surface area contributed by atoms with Gasteiger partial charge >= 0.3 is 0 Å². The number of imidazole rings is 1. The van der Waals surface area contributed by atoms with Gasteiger partial charge in [-0.15, -0.1) is 0 Å². The van der Waals surface area contributed by atoms with Crippen LogP contribution < -0.4 is 12.4 Å². The molecule has 3 heterocycles.